The van der Waals surface area contributed by atoms with Gasteiger partial charge >= 0.3 is 11.9 Å². The number of carboxylic acids is 1. The zero-order valence-electron chi connectivity index (χ0n) is 48.0. The van der Waals surface area contributed by atoms with E-state index in [2.05, 4.69) is 110 Å². The first kappa shape index (κ1) is 58.8. The van der Waals surface area contributed by atoms with Gasteiger partial charge in [0.25, 0.3) is 11.8 Å². The molecule has 0 aliphatic rings. The van der Waals surface area contributed by atoms with E-state index in [-0.39, 0.29) is 35.4 Å². The highest BCUT2D eigenvalue weighted by molar-refractivity contribution is 6.01. The van der Waals surface area contributed by atoms with Crippen LogP contribution < -0.4 is 10.6 Å². The van der Waals surface area contributed by atoms with Crippen LogP contribution in [0.25, 0.3) is 44.1 Å². The molecule has 2 heterocycles. The summed E-state index contributed by atoms with van der Waals surface area (Å²) in [4.78, 5) is 49.9. The Hall–Kier alpha value is -9.32. The number of ether oxygens (including phenoxy) is 1. The van der Waals surface area contributed by atoms with Gasteiger partial charge in [-0.15, -0.1) is 0 Å². The average molecular weight is 1090 g/mol. The summed E-state index contributed by atoms with van der Waals surface area (Å²) in [6.45, 7) is 16.1. The Kier molecular flexibility index (Phi) is 19.5. The Morgan fingerprint density at radius 3 is 1.21 bits per heavy atom. The fourth-order valence-electron chi connectivity index (χ4n) is 10.7. The minimum atomic E-state index is -0.932. The van der Waals surface area contributed by atoms with E-state index in [9.17, 15) is 24.3 Å². The molecule has 0 saturated carbocycles. The molecule has 10 aromatic rings. The van der Waals surface area contributed by atoms with E-state index in [1.807, 2.05) is 133 Å². The number of fused-ring (bicyclic) bond motifs is 2. The van der Waals surface area contributed by atoms with Crippen molar-refractivity contribution in [2.24, 2.45) is 0 Å². The minimum Gasteiger partial charge on any atom is -0.478 e. The number of carbonyl (C=O) groups excluding carboxylic acids is 3. The van der Waals surface area contributed by atoms with Gasteiger partial charge in [0.2, 0.25) is 0 Å². The highest BCUT2D eigenvalue weighted by atomic mass is 16.5. The maximum absolute atomic E-state index is 13.3. The molecule has 4 N–H and O–H groups in total. The SMILES string of the molecule is CCC(NC(=O)c1ccc2c(c1)c(C)c(C)n2Cc1ccccc1-c1ccc(C(=O)O)cc1)c1ccccc1.CCOC(=O)c1ccc(-c2ccccc2Cn2c(C)c(C)c3cc(C(=O)NC(CC)c4ccccc4)ccc32)cc1.CO. The predicted octanol–water partition coefficient (Wildman–Crippen LogP) is 15.2. The van der Waals surface area contributed by atoms with E-state index in [0.29, 0.717) is 36.4 Å². The lowest BCUT2D eigenvalue weighted by Gasteiger charge is -2.17. The van der Waals surface area contributed by atoms with Crippen molar-refractivity contribution in [1.82, 2.24) is 19.8 Å². The lowest BCUT2D eigenvalue weighted by Crippen LogP contribution is -2.28. The van der Waals surface area contributed by atoms with E-state index in [0.717, 1.165) is 92.0 Å². The number of carbonyl (C=O) groups is 4. The van der Waals surface area contributed by atoms with Crippen LogP contribution in [-0.4, -0.2) is 56.8 Å². The molecule has 82 heavy (non-hydrogen) atoms. The molecule has 0 aliphatic heterocycles. The van der Waals surface area contributed by atoms with Crippen LogP contribution in [0.2, 0.25) is 0 Å². The molecule has 0 aliphatic carbocycles. The van der Waals surface area contributed by atoms with Gasteiger partial charge in [-0.3, -0.25) is 9.59 Å². The zero-order valence-corrected chi connectivity index (χ0v) is 48.0. The van der Waals surface area contributed by atoms with Gasteiger partial charge < -0.3 is 34.7 Å². The van der Waals surface area contributed by atoms with E-state index in [4.69, 9.17) is 9.84 Å². The normalized spacial score (nSPS) is 11.6. The molecular weight excluding hydrogens is 1020 g/mol. The molecule has 0 saturated heterocycles. The molecule has 2 aromatic heterocycles. The summed E-state index contributed by atoms with van der Waals surface area (Å²) < 4.78 is 9.74. The number of nitrogens with one attached hydrogen (secondary N) is 2. The highest BCUT2D eigenvalue weighted by Crippen LogP contribution is 2.33. The fourth-order valence-corrected chi connectivity index (χ4v) is 10.7. The number of aromatic carboxylic acids is 1. The quantitative estimate of drug-likeness (QED) is 0.0663. The van der Waals surface area contributed by atoms with Crippen molar-refractivity contribution in [2.75, 3.05) is 13.7 Å². The van der Waals surface area contributed by atoms with Crippen LogP contribution in [0.3, 0.4) is 0 Å². The smallest absolute Gasteiger partial charge is 0.338 e. The number of hydrogen-bond donors (Lipinski definition) is 4. The number of hydrogen-bond acceptors (Lipinski definition) is 6. The molecule has 10 rings (SSSR count). The van der Waals surface area contributed by atoms with Crippen molar-refractivity contribution >= 4 is 45.6 Å². The zero-order chi connectivity index (χ0) is 58.5. The van der Waals surface area contributed by atoms with Crippen molar-refractivity contribution in [2.45, 2.75) is 86.5 Å². The number of aliphatic hydroxyl groups excluding tert-OH is 1. The average Bonchev–Trinajstić information content (AvgIpc) is 3.77. The second kappa shape index (κ2) is 27.2. The summed E-state index contributed by atoms with van der Waals surface area (Å²) in [6, 6.07) is 63.2. The van der Waals surface area contributed by atoms with Crippen LogP contribution in [0, 0.1) is 27.7 Å². The number of esters is 1. The van der Waals surface area contributed by atoms with E-state index < -0.39 is 5.97 Å². The Morgan fingerprint density at radius 2 is 0.829 bits per heavy atom. The number of aryl methyl sites for hydroxylation is 2. The number of benzene rings is 8. The fraction of sp³-hybridized carbons (Fsp3) is 0.211. The first-order valence-electron chi connectivity index (χ1n) is 27.9. The Balaban J connectivity index is 0.000000209. The summed E-state index contributed by atoms with van der Waals surface area (Å²) in [6.07, 6.45) is 1.63. The van der Waals surface area contributed by atoms with Crippen LogP contribution >= 0.6 is 0 Å². The standard InChI is InChI=1S/C36H36N2O3.C34H32N2O3.CH4O/c1-5-33(27-12-8-7-9-13-27)37-35(39)29-20-21-34-32(22-29)24(3)25(4)38(34)23-30-14-10-11-15-31(30)26-16-18-28(19-17-26)36(40)41-6-2;1-4-31(25-10-6-5-7-11-25)35-33(37)27-18-19-32-30(20-27)22(2)23(3)36(32)21-28-12-8-9-13-29(28)24-14-16-26(17-15-24)34(38)39;1-2/h7-22,33H,5-6,23H2,1-4H3,(H,37,39);5-20,31H,4,21H2,1-3H3,(H,35,37)(H,38,39);2H,1H3. The van der Waals surface area contributed by atoms with Gasteiger partial charge in [-0.2, -0.15) is 0 Å². The third-order valence-corrected chi connectivity index (χ3v) is 15.5. The van der Waals surface area contributed by atoms with Gasteiger partial charge in [-0.05, 0) is 164 Å². The lowest BCUT2D eigenvalue weighted by molar-refractivity contribution is 0.0525. The predicted molar refractivity (Wildman–Crippen MR) is 330 cm³/mol. The molecule has 0 bridgehead atoms. The van der Waals surface area contributed by atoms with Crippen molar-refractivity contribution in [3.8, 4) is 22.3 Å². The molecule has 0 fully saturated rings. The second-order valence-electron chi connectivity index (χ2n) is 20.2. The van der Waals surface area contributed by atoms with Crippen LogP contribution in [0.5, 0.6) is 0 Å². The molecule has 0 radical (unpaired) electrons. The third-order valence-electron chi connectivity index (χ3n) is 15.5. The number of aliphatic hydroxyl groups is 1. The van der Waals surface area contributed by atoms with Gasteiger partial charge in [-0.25, -0.2) is 9.59 Å². The molecule has 2 amide bonds. The van der Waals surface area contributed by atoms with Gasteiger partial charge in [0.05, 0.1) is 29.8 Å². The topological polar surface area (TPSA) is 152 Å². The maximum atomic E-state index is 13.3. The molecule has 11 heteroatoms. The number of rotatable bonds is 17. The van der Waals surface area contributed by atoms with Gasteiger partial charge in [0.15, 0.2) is 0 Å². The summed E-state index contributed by atoms with van der Waals surface area (Å²) >= 11 is 0. The monoisotopic (exact) mass is 1090 g/mol. The summed E-state index contributed by atoms with van der Waals surface area (Å²) in [5.41, 5.74) is 17.7. The maximum Gasteiger partial charge on any atom is 0.338 e. The summed E-state index contributed by atoms with van der Waals surface area (Å²) in [5.74, 6) is -1.38. The van der Waals surface area contributed by atoms with Crippen molar-refractivity contribution in [3.63, 3.8) is 0 Å². The Bertz CT molecular complexity index is 3840. The van der Waals surface area contributed by atoms with Crippen molar-refractivity contribution in [3.05, 3.63) is 261 Å². The number of aromatic nitrogens is 2. The lowest BCUT2D eigenvalue weighted by atomic mass is 9.98. The van der Waals surface area contributed by atoms with E-state index in [1.54, 1.807) is 19.1 Å². The van der Waals surface area contributed by atoms with Crippen LogP contribution in [0.4, 0.5) is 0 Å². The largest absolute Gasteiger partial charge is 0.478 e. The molecule has 8 aromatic carbocycles. The minimum absolute atomic E-state index is 0.0327. The first-order valence-corrected chi connectivity index (χ1v) is 27.9. The van der Waals surface area contributed by atoms with Gasteiger partial charge in [0, 0.05) is 64.5 Å². The molecule has 2 unspecified atom stereocenters. The highest BCUT2D eigenvalue weighted by Gasteiger charge is 2.21. The summed E-state index contributed by atoms with van der Waals surface area (Å²) in [7, 11) is 1.00. The van der Waals surface area contributed by atoms with E-state index >= 15 is 0 Å². The molecular formula is C71H72N4O7. The second-order valence-corrected chi connectivity index (χ2v) is 20.2. The van der Waals surface area contributed by atoms with Crippen LogP contribution in [-0.2, 0) is 17.8 Å². The van der Waals surface area contributed by atoms with E-state index in [1.165, 1.54) is 16.8 Å². The van der Waals surface area contributed by atoms with Gasteiger partial charge in [-0.1, -0.05) is 147 Å². The number of carboxylic acid groups (broad SMARTS) is 1. The Labute approximate surface area is 480 Å². The van der Waals surface area contributed by atoms with Crippen molar-refractivity contribution < 1.29 is 34.1 Å². The molecule has 0 spiro atoms. The molecule has 2 atom stereocenters. The third kappa shape index (κ3) is 13.1. The van der Waals surface area contributed by atoms with Crippen LogP contribution in [0.15, 0.2) is 194 Å². The molecule has 418 valence electrons. The first-order chi connectivity index (χ1) is 39.8. The van der Waals surface area contributed by atoms with Crippen molar-refractivity contribution in [1.29, 1.82) is 0 Å². The summed E-state index contributed by atoms with van der Waals surface area (Å²) in [5, 5.41) is 24.8. The van der Waals surface area contributed by atoms with Crippen LogP contribution in [0.1, 0.15) is 132 Å². The number of amides is 2. The molecule has 11 nitrogen and oxygen atoms in total. The Morgan fingerprint density at radius 1 is 0.463 bits per heavy atom. The number of nitrogens with zero attached hydrogens (tertiary/aromatic N) is 2. The van der Waals surface area contributed by atoms with Gasteiger partial charge in [0.1, 0.15) is 0 Å².